The van der Waals surface area contributed by atoms with Crippen LogP contribution in [-0.2, 0) is 4.74 Å². The summed E-state index contributed by atoms with van der Waals surface area (Å²) in [5.74, 6) is 0.525. The first-order valence-electron chi connectivity index (χ1n) is 7.71. The van der Waals surface area contributed by atoms with Crippen LogP contribution in [0, 0.1) is 5.92 Å². The van der Waals surface area contributed by atoms with Crippen molar-refractivity contribution >= 4 is 22.5 Å². The summed E-state index contributed by atoms with van der Waals surface area (Å²) in [7, 11) is 0. The second-order valence-electron chi connectivity index (χ2n) is 6.06. The maximum absolute atomic E-state index is 6.29. The molecule has 3 nitrogen and oxygen atoms in total. The van der Waals surface area contributed by atoms with Gasteiger partial charge in [-0.1, -0.05) is 17.7 Å². The van der Waals surface area contributed by atoms with E-state index in [1.165, 1.54) is 18.4 Å². The molecule has 2 atom stereocenters. The van der Waals surface area contributed by atoms with Crippen molar-refractivity contribution in [3.05, 3.63) is 41.0 Å². The first kappa shape index (κ1) is 13.5. The van der Waals surface area contributed by atoms with Crippen molar-refractivity contribution in [2.75, 3.05) is 13.2 Å². The zero-order valence-corrected chi connectivity index (χ0v) is 12.6. The van der Waals surface area contributed by atoms with E-state index >= 15 is 0 Å². The molecule has 21 heavy (non-hydrogen) atoms. The zero-order valence-electron chi connectivity index (χ0n) is 11.9. The monoisotopic (exact) mass is 302 g/mol. The predicted molar refractivity (Wildman–Crippen MR) is 84.6 cm³/mol. The quantitative estimate of drug-likeness (QED) is 0.934. The number of nitrogens with one attached hydrogen (secondary N) is 1. The average Bonchev–Trinajstić information content (AvgIpc) is 3.23. The Morgan fingerprint density at radius 1 is 1.24 bits per heavy atom. The van der Waals surface area contributed by atoms with Crippen LogP contribution in [0.2, 0.25) is 5.02 Å². The Morgan fingerprint density at radius 3 is 3.00 bits per heavy atom. The summed E-state index contributed by atoms with van der Waals surface area (Å²) in [4.78, 5) is 4.54. The molecule has 2 heterocycles. The molecule has 1 saturated heterocycles. The van der Waals surface area contributed by atoms with Crippen LogP contribution in [0.3, 0.4) is 0 Å². The molecule has 0 spiro atoms. The van der Waals surface area contributed by atoms with E-state index in [-0.39, 0.29) is 6.10 Å². The lowest BCUT2D eigenvalue weighted by molar-refractivity contribution is 0.0914. The fourth-order valence-electron chi connectivity index (χ4n) is 3.18. The van der Waals surface area contributed by atoms with Crippen molar-refractivity contribution < 1.29 is 4.74 Å². The summed E-state index contributed by atoms with van der Waals surface area (Å²) in [5, 5.41) is 5.40. The Labute approximate surface area is 129 Å². The van der Waals surface area contributed by atoms with Crippen molar-refractivity contribution in [3.63, 3.8) is 0 Å². The molecule has 0 bridgehead atoms. The van der Waals surface area contributed by atoms with E-state index in [4.69, 9.17) is 16.3 Å². The first-order valence-corrected chi connectivity index (χ1v) is 8.09. The number of hydrogen-bond donors (Lipinski definition) is 1. The Bertz CT molecular complexity index is 656. The molecule has 2 aliphatic rings. The molecule has 0 radical (unpaired) electrons. The molecular formula is C17H19ClN2O. The van der Waals surface area contributed by atoms with Gasteiger partial charge in [0.05, 0.1) is 11.6 Å². The molecule has 110 valence electrons. The van der Waals surface area contributed by atoms with E-state index in [2.05, 4.69) is 16.4 Å². The van der Waals surface area contributed by atoms with Crippen LogP contribution in [0.1, 0.15) is 30.9 Å². The lowest BCUT2D eigenvalue weighted by Gasteiger charge is -2.20. The fourth-order valence-corrected chi connectivity index (χ4v) is 3.40. The number of nitrogens with zero attached hydrogens (tertiary/aromatic N) is 1. The molecule has 1 aliphatic heterocycles. The third-order valence-electron chi connectivity index (χ3n) is 4.51. The minimum Gasteiger partial charge on any atom is -0.373 e. The van der Waals surface area contributed by atoms with Gasteiger partial charge in [-0.05, 0) is 37.5 Å². The van der Waals surface area contributed by atoms with Crippen molar-refractivity contribution in [1.29, 1.82) is 0 Å². The topological polar surface area (TPSA) is 34.1 Å². The van der Waals surface area contributed by atoms with Gasteiger partial charge in [0.2, 0.25) is 0 Å². The van der Waals surface area contributed by atoms with Gasteiger partial charge < -0.3 is 10.1 Å². The lowest BCUT2D eigenvalue weighted by Crippen LogP contribution is -2.26. The van der Waals surface area contributed by atoms with Crippen LogP contribution in [0.4, 0.5) is 0 Å². The van der Waals surface area contributed by atoms with Crippen LogP contribution in [0.15, 0.2) is 30.5 Å². The van der Waals surface area contributed by atoms with E-state index in [0.717, 1.165) is 41.5 Å². The Kier molecular flexibility index (Phi) is 3.57. The highest BCUT2D eigenvalue weighted by molar-refractivity contribution is 6.35. The van der Waals surface area contributed by atoms with E-state index in [1.807, 2.05) is 24.4 Å². The summed E-state index contributed by atoms with van der Waals surface area (Å²) in [6.07, 6.45) is 5.72. The average molecular weight is 303 g/mol. The highest BCUT2D eigenvalue weighted by Crippen LogP contribution is 2.39. The Hall–Kier alpha value is -1.16. The number of benzene rings is 1. The first-order chi connectivity index (χ1) is 10.3. The van der Waals surface area contributed by atoms with Crippen molar-refractivity contribution in [2.24, 2.45) is 5.92 Å². The number of hydrogen-bond acceptors (Lipinski definition) is 3. The van der Waals surface area contributed by atoms with Crippen LogP contribution >= 0.6 is 11.6 Å². The molecule has 2 unspecified atom stereocenters. The van der Waals surface area contributed by atoms with Crippen molar-refractivity contribution in [3.8, 4) is 0 Å². The normalized spacial score (nSPS) is 25.6. The van der Waals surface area contributed by atoms with Gasteiger partial charge in [0.1, 0.15) is 0 Å². The second-order valence-corrected chi connectivity index (χ2v) is 6.47. The predicted octanol–water partition coefficient (Wildman–Crippen LogP) is 3.72. The van der Waals surface area contributed by atoms with Gasteiger partial charge in [0.25, 0.3) is 0 Å². The standard InChI is InChI=1S/C17H19ClN2O/c18-15-6-5-14(16-13(15)2-1-8-19-16)17-11(7-9-21-17)10-20-12-3-4-12/h1-2,5-6,8,11-12,17,20H,3-4,7,9-10H2. The van der Waals surface area contributed by atoms with E-state index in [1.54, 1.807) is 0 Å². The summed E-state index contributed by atoms with van der Waals surface area (Å²) in [6, 6.07) is 8.75. The van der Waals surface area contributed by atoms with Gasteiger partial charge in [-0.3, -0.25) is 4.98 Å². The highest BCUT2D eigenvalue weighted by atomic mass is 35.5. The minimum atomic E-state index is 0.130. The van der Waals surface area contributed by atoms with Crippen molar-refractivity contribution in [1.82, 2.24) is 10.3 Å². The third-order valence-corrected chi connectivity index (χ3v) is 4.84. The van der Waals surface area contributed by atoms with Gasteiger partial charge in [0.15, 0.2) is 0 Å². The number of halogens is 1. The number of ether oxygens (including phenoxy) is 1. The van der Waals surface area contributed by atoms with Crippen LogP contribution in [0.25, 0.3) is 10.9 Å². The molecule has 1 aliphatic carbocycles. The van der Waals surface area contributed by atoms with Crippen LogP contribution in [-0.4, -0.2) is 24.2 Å². The van der Waals surface area contributed by atoms with Crippen LogP contribution in [0.5, 0.6) is 0 Å². The van der Waals surface area contributed by atoms with Gasteiger partial charge >= 0.3 is 0 Å². The fraction of sp³-hybridized carbons (Fsp3) is 0.471. The van der Waals surface area contributed by atoms with Gasteiger partial charge in [-0.2, -0.15) is 0 Å². The molecule has 1 aromatic heterocycles. The maximum Gasteiger partial charge on any atom is 0.0887 e. The highest BCUT2D eigenvalue weighted by Gasteiger charge is 2.32. The molecule has 2 fully saturated rings. The zero-order chi connectivity index (χ0) is 14.2. The molecule has 1 N–H and O–H groups in total. The van der Waals surface area contributed by atoms with E-state index in [9.17, 15) is 0 Å². The molecule has 4 heteroatoms. The van der Waals surface area contributed by atoms with Crippen LogP contribution < -0.4 is 5.32 Å². The Balaban J connectivity index is 1.66. The Morgan fingerprint density at radius 2 is 2.14 bits per heavy atom. The smallest absolute Gasteiger partial charge is 0.0887 e. The van der Waals surface area contributed by atoms with E-state index in [0.29, 0.717) is 5.92 Å². The lowest BCUT2D eigenvalue weighted by atomic mass is 9.93. The summed E-state index contributed by atoms with van der Waals surface area (Å²) >= 11 is 6.29. The molecule has 0 amide bonds. The largest absolute Gasteiger partial charge is 0.373 e. The molecule has 1 saturated carbocycles. The maximum atomic E-state index is 6.29. The number of pyridine rings is 1. The number of rotatable bonds is 4. The SMILES string of the molecule is Clc1ccc(C2OCCC2CNC2CC2)c2ncccc12. The molecular weight excluding hydrogens is 284 g/mol. The van der Waals surface area contributed by atoms with Crippen molar-refractivity contribution in [2.45, 2.75) is 31.4 Å². The summed E-state index contributed by atoms with van der Waals surface area (Å²) in [6.45, 7) is 1.87. The molecule has 1 aromatic carbocycles. The minimum absolute atomic E-state index is 0.130. The number of fused-ring (bicyclic) bond motifs is 1. The molecule has 2 aromatic rings. The van der Waals surface area contributed by atoms with Gasteiger partial charge in [0, 0.05) is 47.3 Å². The summed E-state index contributed by atoms with van der Waals surface area (Å²) < 4.78 is 6.03. The van der Waals surface area contributed by atoms with Gasteiger partial charge in [-0.25, -0.2) is 0 Å². The summed E-state index contributed by atoms with van der Waals surface area (Å²) in [5.41, 5.74) is 2.16. The van der Waals surface area contributed by atoms with Gasteiger partial charge in [-0.15, -0.1) is 0 Å². The van der Waals surface area contributed by atoms with E-state index < -0.39 is 0 Å². The molecule has 4 rings (SSSR count). The second kappa shape index (κ2) is 5.56. The number of aromatic nitrogens is 1. The third kappa shape index (κ3) is 2.66.